The Hall–Kier alpha value is -1.72. The van der Waals surface area contributed by atoms with Crippen molar-refractivity contribution in [3.05, 3.63) is 39.7 Å². The smallest absolute Gasteiger partial charge is 0.304 e. The van der Waals surface area contributed by atoms with Crippen molar-refractivity contribution in [3.63, 3.8) is 0 Å². The topological polar surface area (TPSA) is 62.2 Å². The summed E-state index contributed by atoms with van der Waals surface area (Å²) in [7, 11) is 0. The van der Waals surface area contributed by atoms with Crippen molar-refractivity contribution >= 4 is 17.3 Å². The van der Waals surface area contributed by atoms with Crippen LogP contribution in [0.15, 0.2) is 23.6 Å². The van der Waals surface area contributed by atoms with Gasteiger partial charge in [0.2, 0.25) is 0 Å². The predicted octanol–water partition coefficient (Wildman–Crippen LogP) is 3.03. The van der Waals surface area contributed by atoms with E-state index in [1.807, 2.05) is 0 Å². The molecule has 0 saturated heterocycles. The number of thiazole rings is 1. The van der Waals surface area contributed by atoms with Gasteiger partial charge < -0.3 is 10.4 Å². The van der Waals surface area contributed by atoms with Gasteiger partial charge in [0.15, 0.2) is 0 Å². The average molecular weight is 304 g/mol. The van der Waals surface area contributed by atoms with Gasteiger partial charge in [-0.2, -0.15) is 0 Å². The van der Waals surface area contributed by atoms with Crippen LogP contribution in [0.4, 0.5) is 0 Å². The van der Waals surface area contributed by atoms with Crippen molar-refractivity contribution in [1.29, 1.82) is 0 Å². The monoisotopic (exact) mass is 304 g/mol. The van der Waals surface area contributed by atoms with Crippen molar-refractivity contribution in [1.82, 2.24) is 10.3 Å². The van der Waals surface area contributed by atoms with Gasteiger partial charge in [-0.3, -0.25) is 4.79 Å². The molecule has 2 N–H and O–H groups in total. The van der Waals surface area contributed by atoms with Crippen LogP contribution in [0.25, 0.3) is 11.3 Å². The molecular weight excluding hydrogens is 284 g/mol. The fourth-order valence-corrected chi connectivity index (χ4v) is 2.78. The van der Waals surface area contributed by atoms with Crippen LogP contribution in [-0.2, 0) is 11.2 Å². The Kier molecular flexibility index (Phi) is 5.47. The van der Waals surface area contributed by atoms with Gasteiger partial charge in [-0.25, -0.2) is 4.98 Å². The van der Waals surface area contributed by atoms with E-state index in [0.717, 1.165) is 29.2 Å². The van der Waals surface area contributed by atoms with E-state index in [9.17, 15) is 4.79 Å². The van der Waals surface area contributed by atoms with Crippen LogP contribution < -0.4 is 5.32 Å². The second kappa shape index (κ2) is 7.33. The Balaban J connectivity index is 1.89. The molecule has 0 fully saturated rings. The first-order valence-electron chi connectivity index (χ1n) is 7.01. The van der Waals surface area contributed by atoms with E-state index in [1.165, 1.54) is 11.1 Å². The molecule has 0 atom stereocenters. The Labute approximate surface area is 128 Å². The van der Waals surface area contributed by atoms with E-state index < -0.39 is 5.97 Å². The molecule has 0 unspecified atom stereocenters. The van der Waals surface area contributed by atoms with Crippen molar-refractivity contribution in [3.8, 4) is 11.3 Å². The molecule has 21 heavy (non-hydrogen) atoms. The minimum absolute atomic E-state index is 0.158. The molecule has 112 valence electrons. The lowest BCUT2D eigenvalue weighted by molar-refractivity contribution is -0.136. The molecule has 0 spiro atoms. The number of hydrogen-bond donors (Lipinski definition) is 2. The zero-order chi connectivity index (χ0) is 15.2. The molecule has 1 aromatic carbocycles. The standard InChI is InChI=1S/C16H20N2O2S/c1-11-3-4-13(9-12(11)2)14-10-21-15(18-14)5-7-17-8-6-16(19)20/h3-4,9-10,17H,5-8H2,1-2H3,(H,19,20). The summed E-state index contributed by atoms with van der Waals surface area (Å²) in [5.74, 6) is -0.770. The molecule has 2 aromatic rings. The molecule has 0 aliphatic carbocycles. The third kappa shape index (κ3) is 4.65. The van der Waals surface area contributed by atoms with Crippen LogP contribution in [0, 0.1) is 13.8 Å². The maximum Gasteiger partial charge on any atom is 0.304 e. The highest BCUT2D eigenvalue weighted by Gasteiger charge is 2.06. The third-order valence-electron chi connectivity index (χ3n) is 3.39. The van der Waals surface area contributed by atoms with Crippen molar-refractivity contribution < 1.29 is 9.90 Å². The Morgan fingerprint density at radius 2 is 2.10 bits per heavy atom. The van der Waals surface area contributed by atoms with Crippen LogP contribution in [0.2, 0.25) is 0 Å². The third-order valence-corrected chi connectivity index (χ3v) is 4.29. The molecule has 0 saturated carbocycles. The van der Waals surface area contributed by atoms with Gasteiger partial charge in [-0.15, -0.1) is 11.3 Å². The Bertz CT molecular complexity index is 622. The summed E-state index contributed by atoms with van der Waals surface area (Å²) in [5.41, 5.74) is 4.73. The Morgan fingerprint density at radius 1 is 1.29 bits per heavy atom. The van der Waals surface area contributed by atoms with Crippen molar-refractivity contribution in [2.75, 3.05) is 13.1 Å². The van der Waals surface area contributed by atoms with Gasteiger partial charge in [0.25, 0.3) is 0 Å². The maximum absolute atomic E-state index is 10.4. The number of carboxylic acids is 1. The first-order chi connectivity index (χ1) is 10.1. The highest BCUT2D eigenvalue weighted by molar-refractivity contribution is 7.09. The van der Waals surface area contributed by atoms with Crippen LogP contribution in [-0.4, -0.2) is 29.1 Å². The molecule has 0 amide bonds. The molecule has 0 aliphatic heterocycles. The van der Waals surface area contributed by atoms with Crippen molar-refractivity contribution in [2.45, 2.75) is 26.7 Å². The molecule has 2 rings (SSSR count). The molecule has 4 nitrogen and oxygen atoms in total. The number of rotatable bonds is 7. The molecule has 0 radical (unpaired) electrons. The number of hydrogen-bond acceptors (Lipinski definition) is 4. The van der Waals surface area contributed by atoms with Gasteiger partial charge in [-0.05, 0) is 31.0 Å². The zero-order valence-corrected chi connectivity index (χ0v) is 13.2. The van der Waals surface area contributed by atoms with E-state index in [1.54, 1.807) is 11.3 Å². The average Bonchev–Trinajstić information content (AvgIpc) is 2.90. The second-order valence-corrected chi connectivity index (χ2v) is 6.01. The van der Waals surface area contributed by atoms with E-state index in [-0.39, 0.29) is 6.42 Å². The largest absolute Gasteiger partial charge is 0.481 e. The molecule has 0 aliphatic rings. The summed E-state index contributed by atoms with van der Waals surface area (Å²) in [6.45, 7) is 5.48. The number of carbonyl (C=O) groups is 1. The summed E-state index contributed by atoms with van der Waals surface area (Å²) in [6, 6.07) is 6.39. The molecule has 1 heterocycles. The summed E-state index contributed by atoms with van der Waals surface area (Å²) >= 11 is 1.65. The van der Waals surface area contributed by atoms with Gasteiger partial charge >= 0.3 is 5.97 Å². The first kappa shape index (κ1) is 15.7. The summed E-state index contributed by atoms with van der Waals surface area (Å²) in [5, 5.41) is 14.8. The minimum Gasteiger partial charge on any atom is -0.481 e. The Morgan fingerprint density at radius 3 is 2.81 bits per heavy atom. The normalized spacial score (nSPS) is 10.8. The summed E-state index contributed by atoms with van der Waals surface area (Å²) in [6.07, 6.45) is 0.987. The summed E-state index contributed by atoms with van der Waals surface area (Å²) in [4.78, 5) is 15.0. The summed E-state index contributed by atoms with van der Waals surface area (Å²) < 4.78 is 0. The highest BCUT2D eigenvalue weighted by Crippen LogP contribution is 2.24. The van der Waals surface area contributed by atoms with Crippen LogP contribution in [0.1, 0.15) is 22.6 Å². The zero-order valence-electron chi connectivity index (χ0n) is 12.3. The van der Waals surface area contributed by atoms with E-state index in [2.05, 4.69) is 47.7 Å². The predicted molar refractivity (Wildman–Crippen MR) is 85.9 cm³/mol. The van der Waals surface area contributed by atoms with Gasteiger partial charge in [0, 0.05) is 30.5 Å². The van der Waals surface area contributed by atoms with E-state index in [4.69, 9.17) is 5.11 Å². The number of nitrogens with zero attached hydrogens (tertiary/aromatic N) is 1. The molecular formula is C16H20N2O2S. The van der Waals surface area contributed by atoms with Crippen molar-refractivity contribution in [2.24, 2.45) is 0 Å². The van der Waals surface area contributed by atoms with Crippen LogP contribution in [0.3, 0.4) is 0 Å². The van der Waals surface area contributed by atoms with Crippen LogP contribution >= 0.6 is 11.3 Å². The lowest BCUT2D eigenvalue weighted by Crippen LogP contribution is -2.20. The van der Waals surface area contributed by atoms with Gasteiger partial charge in [0.1, 0.15) is 0 Å². The SMILES string of the molecule is Cc1ccc(-c2csc(CCNCCC(=O)O)n2)cc1C. The van der Waals surface area contributed by atoms with Crippen LogP contribution in [0.5, 0.6) is 0 Å². The van der Waals surface area contributed by atoms with E-state index >= 15 is 0 Å². The second-order valence-electron chi connectivity index (χ2n) is 5.07. The molecule has 5 heteroatoms. The fraction of sp³-hybridized carbons (Fsp3) is 0.375. The minimum atomic E-state index is -0.770. The fourth-order valence-electron chi connectivity index (χ4n) is 1.97. The highest BCUT2D eigenvalue weighted by atomic mass is 32.1. The lowest BCUT2D eigenvalue weighted by atomic mass is 10.1. The lowest BCUT2D eigenvalue weighted by Gasteiger charge is -2.02. The maximum atomic E-state index is 10.4. The number of carboxylic acid groups (broad SMARTS) is 1. The number of nitrogens with one attached hydrogen (secondary N) is 1. The quantitative estimate of drug-likeness (QED) is 0.772. The number of benzene rings is 1. The first-order valence-corrected chi connectivity index (χ1v) is 7.89. The molecule has 1 aromatic heterocycles. The van der Waals surface area contributed by atoms with Gasteiger partial charge in [-0.1, -0.05) is 12.1 Å². The number of aliphatic carboxylic acids is 1. The molecule has 0 bridgehead atoms. The van der Waals surface area contributed by atoms with Gasteiger partial charge in [0.05, 0.1) is 17.1 Å². The number of aromatic nitrogens is 1. The van der Waals surface area contributed by atoms with E-state index in [0.29, 0.717) is 6.54 Å². The number of aryl methyl sites for hydroxylation is 2.